The van der Waals surface area contributed by atoms with Crippen LogP contribution in [0.15, 0.2) is 24.3 Å². The van der Waals surface area contributed by atoms with Gasteiger partial charge in [-0.25, -0.2) is 0 Å². The first-order valence-corrected chi connectivity index (χ1v) is 6.19. The van der Waals surface area contributed by atoms with E-state index in [2.05, 4.69) is 26.1 Å². The zero-order chi connectivity index (χ0) is 13.8. The Morgan fingerprint density at radius 2 is 1.61 bits per heavy atom. The zero-order valence-electron chi connectivity index (χ0n) is 11.5. The van der Waals surface area contributed by atoms with Crippen molar-refractivity contribution in [3.8, 4) is 0 Å². The van der Waals surface area contributed by atoms with Crippen molar-refractivity contribution in [1.29, 1.82) is 0 Å². The largest absolute Gasteiger partial charge is 0.359 e. The first-order chi connectivity index (χ1) is 8.34. The van der Waals surface area contributed by atoms with Crippen molar-refractivity contribution < 1.29 is 9.59 Å². The summed E-state index contributed by atoms with van der Waals surface area (Å²) in [5.41, 5.74) is 1.96. The number of ketones is 1. The molecule has 0 aliphatic rings. The van der Waals surface area contributed by atoms with Gasteiger partial charge in [-0.15, -0.1) is 0 Å². The van der Waals surface area contributed by atoms with E-state index in [4.69, 9.17) is 0 Å². The monoisotopic (exact) mass is 247 g/mol. The second-order valence-corrected chi connectivity index (χ2v) is 5.42. The average molecular weight is 247 g/mol. The van der Waals surface area contributed by atoms with Crippen molar-refractivity contribution in [2.75, 3.05) is 7.05 Å². The minimum absolute atomic E-state index is 0.0130. The lowest BCUT2D eigenvalue weighted by Crippen LogP contribution is -2.18. The predicted octanol–water partition coefficient (Wildman–Crippen LogP) is 2.69. The molecule has 0 fully saturated rings. The molecule has 0 saturated carbocycles. The number of carbonyl (C=O) groups is 2. The molecule has 1 aromatic rings. The first-order valence-electron chi connectivity index (χ1n) is 6.19. The Morgan fingerprint density at radius 3 is 2.06 bits per heavy atom. The molecule has 3 nitrogen and oxygen atoms in total. The molecule has 3 heteroatoms. The van der Waals surface area contributed by atoms with E-state index in [1.165, 1.54) is 5.56 Å². The lowest BCUT2D eigenvalue weighted by Gasteiger charge is -2.18. The van der Waals surface area contributed by atoms with E-state index in [1.807, 2.05) is 24.3 Å². The third kappa shape index (κ3) is 3.99. The quantitative estimate of drug-likeness (QED) is 0.831. The van der Waals surface area contributed by atoms with Gasteiger partial charge in [-0.1, -0.05) is 45.0 Å². The lowest BCUT2D eigenvalue weighted by atomic mass is 9.86. The molecule has 0 aliphatic heterocycles. The van der Waals surface area contributed by atoms with Gasteiger partial charge in [0.25, 0.3) is 0 Å². The fourth-order valence-corrected chi connectivity index (χ4v) is 1.65. The van der Waals surface area contributed by atoms with Crippen molar-refractivity contribution in [2.24, 2.45) is 0 Å². The average Bonchev–Trinajstić information content (AvgIpc) is 2.34. The van der Waals surface area contributed by atoms with Crippen LogP contribution in [0.25, 0.3) is 0 Å². The van der Waals surface area contributed by atoms with Gasteiger partial charge in [0.05, 0.1) is 0 Å². The van der Waals surface area contributed by atoms with Gasteiger partial charge in [-0.3, -0.25) is 9.59 Å². The molecule has 1 aromatic carbocycles. The second kappa shape index (κ2) is 5.80. The molecule has 1 amide bonds. The van der Waals surface area contributed by atoms with E-state index in [0.717, 1.165) is 0 Å². The summed E-state index contributed by atoms with van der Waals surface area (Å²) >= 11 is 0. The van der Waals surface area contributed by atoms with E-state index < -0.39 is 0 Å². The Bertz CT molecular complexity index is 427. The Morgan fingerprint density at radius 1 is 1.06 bits per heavy atom. The van der Waals surface area contributed by atoms with Crippen LogP contribution in [0.2, 0.25) is 0 Å². The number of hydrogen-bond acceptors (Lipinski definition) is 2. The highest BCUT2D eigenvalue weighted by Crippen LogP contribution is 2.22. The highest BCUT2D eigenvalue weighted by molar-refractivity contribution is 5.97. The third-order valence-electron chi connectivity index (χ3n) is 2.93. The van der Waals surface area contributed by atoms with Crippen molar-refractivity contribution in [2.45, 2.75) is 39.0 Å². The van der Waals surface area contributed by atoms with Gasteiger partial charge in [0.15, 0.2) is 5.78 Å². The standard InChI is InChI=1S/C15H21NO2/c1-15(2,3)12-7-5-11(6-8-12)13(17)9-10-14(18)16-4/h5-8H,9-10H2,1-4H3,(H,16,18). The van der Waals surface area contributed by atoms with Crippen LogP contribution in [0.1, 0.15) is 49.5 Å². The van der Waals surface area contributed by atoms with Gasteiger partial charge in [-0.05, 0) is 11.0 Å². The molecule has 0 saturated heterocycles. The number of rotatable bonds is 4. The summed E-state index contributed by atoms with van der Waals surface area (Å²) in [6, 6.07) is 7.64. The highest BCUT2D eigenvalue weighted by Gasteiger charge is 2.14. The van der Waals surface area contributed by atoms with Gasteiger partial charge < -0.3 is 5.32 Å². The Labute approximate surface area is 109 Å². The maximum Gasteiger partial charge on any atom is 0.220 e. The molecule has 1 N–H and O–H groups in total. The molecule has 0 spiro atoms. The molecule has 0 heterocycles. The lowest BCUT2D eigenvalue weighted by molar-refractivity contribution is -0.120. The summed E-state index contributed by atoms with van der Waals surface area (Å²) in [5.74, 6) is -0.0891. The van der Waals surface area contributed by atoms with Crippen LogP contribution >= 0.6 is 0 Å². The molecule has 18 heavy (non-hydrogen) atoms. The maximum atomic E-state index is 11.8. The first kappa shape index (κ1) is 14.4. The Kier molecular flexibility index (Phi) is 4.65. The summed E-state index contributed by atoms with van der Waals surface area (Å²) in [5, 5.41) is 2.51. The van der Waals surface area contributed by atoms with E-state index in [1.54, 1.807) is 7.05 Å². The molecule has 0 atom stereocenters. The molecule has 0 aliphatic carbocycles. The van der Waals surface area contributed by atoms with Crippen LogP contribution in [0.5, 0.6) is 0 Å². The third-order valence-corrected chi connectivity index (χ3v) is 2.93. The van der Waals surface area contributed by atoms with Gasteiger partial charge in [0.1, 0.15) is 0 Å². The number of benzene rings is 1. The number of hydrogen-bond donors (Lipinski definition) is 1. The van der Waals surface area contributed by atoms with Crippen molar-refractivity contribution >= 4 is 11.7 Å². The summed E-state index contributed by atoms with van der Waals surface area (Å²) in [7, 11) is 1.57. The van der Waals surface area contributed by atoms with Crippen LogP contribution in [-0.4, -0.2) is 18.7 Å². The minimum atomic E-state index is -0.102. The molecule has 0 radical (unpaired) electrons. The van der Waals surface area contributed by atoms with Crippen LogP contribution in [0.3, 0.4) is 0 Å². The van der Waals surface area contributed by atoms with Gasteiger partial charge in [-0.2, -0.15) is 0 Å². The van der Waals surface area contributed by atoms with E-state index in [9.17, 15) is 9.59 Å². The number of carbonyl (C=O) groups excluding carboxylic acids is 2. The smallest absolute Gasteiger partial charge is 0.220 e. The highest BCUT2D eigenvalue weighted by atomic mass is 16.2. The number of amides is 1. The second-order valence-electron chi connectivity index (χ2n) is 5.42. The van der Waals surface area contributed by atoms with Crippen molar-refractivity contribution in [3.63, 3.8) is 0 Å². The molecule has 0 unspecified atom stereocenters. The van der Waals surface area contributed by atoms with Gasteiger partial charge in [0, 0.05) is 25.5 Å². The zero-order valence-corrected chi connectivity index (χ0v) is 11.5. The molecule has 1 rings (SSSR count). The normalized spacial score (nSPS) is 11.1. The fraction of sp³-hybridized carbons (Fsp3) is 0.467. The molecule has 0 aromatic heterocycles. The summed E-state index contributed by atoms with van der Waals surface area (Å²) in [4.78, 5) is 22.9. The minimum Gasteiger partial charge on any atom is -0.359 e. The van der Waals surface area contributed by atoms with E-state index >= 15 is 0 Å². The SMILES string of the molecule is CNC(=O)CCC(=O)c1ccc(C(C)(C)C)cc1. The van der Waals surface area contributed by atoms with Crippen LogP contribution < -0.4 is 5.32 Å². The maximum absolute atomic E-state index is 11.8. The molecular formula is C15H21NO2. The van der Waals surface area contributed by atoms with E-state index in [0.29, 0.717) is 5.56 Å². The summed E-state index contributed by atoms with van der Waals surface area (Å²) in [6.45, 7) is 6.40. The molecule has 98 valence electrons. The molecule has 0 bridgehead atoms. The van der Waals surface area contributed by atoms with E-state index in [-0.39, 0.29) is 29.9 Å². The Balaban J connectivity index is 2.68. The van der Waals surface area contributed by atoms with Crippen LogP contribution in [0.4, 0.5) is 0 Å². The number of Topliss-reactive ketones (excluding diaryl/α,β-unsaturated/α-hetero) is 1. The topological polar surface area (TPSA) is 46.2 Å². The summed E-state index contributed by atoms with van der Waals surface area (Å²) < 4.78 is 0. The van der Waals surface area contributed by atoms with Gasteiger partial charge in [0.2, 0.25) is 5.91 Å². The number of nitrogens with one attached hydrogen (secondary N) is 1. The van der Waals surface area contributed by atoms with Crippen LogP contribution in [0, 0.1) is 0 Å². The molecular weight excluding hydrogens is 226 g/mol. The Hall–Kier alpha value is -1.64. The van der Waals surface area contributed by atoms with Crippen molar-refractivity contribution in [1.82, 2.24) is 5.32 Å². The van der Waals surface area contributed by atoms with Gasteiger partial charge >= 0.3 is 0 Å². The fourth-order valence-electron chi connectivity index (χ4n) is 1.65. The van der Waals surface area contributed by atoms with Crippen molar-refractivity contribution in [3.05, 3.63) is 35.4 Å². The van der Waals surface area contributed by atoms with Crippen LogP contribution in [-0.2, 0) is 10.2 Å². The summed E-state index contributed by atoms with van der Waals surface area (Å²) in [6.07, 6.45) is 0.505. The predicted molar refractivity (Wildman–Crippen MR) is 72.8 cm³/mol.